The molecule has 0 bridgehead atoms. The van der Waals surface area contributed by atoms with Gasteiger partial charge in [0.2, 0.25) is 0 Å². The summed E-state index contributed by atoms with van der Waals surface area (Å²) in [5.41, 5.74) is 0. The average Bonchev–Trinajstić information content (AvgIpc) is 2.06. The molecule has 0 fully saturated rings. The highest BCUT2D eigenvalue weighted by Gasteiger charge is 2.29. The molecule has 0 aromatic carbocycles. The normalized spacial score (nSPS) is 17.6. The Balaban J connectivity index is 4.27. The molecule has 10 heteroatoms. The topological polar surface area (TPSA) is 82.1 Å². The van der Waals surface area contributed by atoms with Crippen molar-refractivity contribution >= 4 is 41.6 Å². The fraction of sp³-hybridized carbons (Fsp3) is 1.00. The fourth-order valence-electron chi connectivity index (χ4n) is 0.810. The molecule has 0 aromatic heterocycles. The number of hydrogen-bond acceptors (Lipinski definition) is 5. The van der Waals surface area contributed by atoms with Gasteiger partial charge in [-0.3, -0.25) is 4.55 Å². The molecule has 0 saturated carbocycles. The molecule has 0 aliphatic carbocycles. The first-order chi connectivity index (χ1) is 5.89. The molecular formula is C3H14O6SSi3. The van der Waals surface area contributed by atoms with Gasteiger partial charge in [-0.25, -0.2) is 0 Å². The third-order valence-corrected chi connectivity index (χ3v) is 4.19. The van der Waals surface area contributed by atoms with E-state index in [1.807, 2.05) is 0 Å². The molecule has 0 aromatic rings. The van der Waals surface area contributed by atoms with Crippen molar-refractivity contribution in [1.29, 1.82) is 0 Å². The molecule has 0 rings (SSSR count). The minimum absolute atomic E-state index is 0.00231. The Morgan fingerprint density at radius 3 is 1.77 bits per heavy atom. The van der Waals surface area contributed by atoms with E-state index in [2.05, 4.69) is 0 Å². The fourth-order valence-corrected chi connectivity index (χ4v) is 3.93. The van der Waals surface area contributed by atoms with Gasteiger partial charge in [0, 0.05) is 6.42 Å². The first kappa shape index (κ1) is 13.4. The van der Waals surface area contributed by atoms with Crippen molar-refractivity contribution < 1.29 is 26.2 Å². The highest BCUT2D eigenvalue weighted by Crippen LogP contribution is 2.16. The molecule has 1 N–H and O–H groups in total. The van der Waals surface area contributed by atoms with E-state index in [-0.39, 0.29) is 6.42 Å². The smallest absolute Gasteiger partial charge is 0.265 e. The maximum atomic E-state index is 10.4. The summed E-state index contributed by atoms with van der Waals surface area (Å²) in [6, 6.07) is 0. The zero-order valence-corrected chi connectivity index (χ0v) is 14.6. The Labute approximate surface area is 86.3 Å². The van der Waals surface area contributed by atoms with Gasteiger partial charge in [0.15, 0.2) is 31.5 Å². The summed E-state index contributed by atoms with van der Waals surface area (Å²) < 4.78 is 44.5. The maximum absolute atomic E-state index is 10.4. The van der Waals surface area contributed by atoms with E-state index < -0.39 is 21.8 Å². The van der Waals surface area contributed by atoms with Crippen LogP contribution in [-0.4, -0.2) is 56.2 Å². The maximum Gasteiger partial charge on any atom is 0.265 e. The monoisotopic (exact) mass is 262 g/mol. The predicted octanol–water partition coefficient (Wildman–Crippen LogP) is -4.19. The minimum Gasteiger partial charge on any atom is -0.382 e. The largest absolute Gasteiger partial charge is 0.382 e. The molecule has 0 amide bonds. The summed E-state index contributed by atoms with van der Waals surface area (Å²) in [5, 5.41) is 0. The number of rotatable bonds is 6. The molecule has 0 heterocycles. The predicted molar refractivity (Wildman–Crippen MR) is 56.8 cm³/mol. The van der Waals surface area contributed by atoms with Gasteiger partial charge in [0.1, 0.15) is 0 Å². The van der Waals surface area contributed by atoms with Gasteiger partial charge in [-0.2, -0.15) is 8.42 Å². The molecule has 13 heavy (non-hydrogen) atoms. The van der Waals surface area contributed by atoms with Crippen LogP contribution in [-0.2, 0) is 23.4 Å². The van der Waals surface area contributed by atoms with Crippen molar-refractivity contribution in [2.24, 2.45) is 0 Å². The van der Waals surface area contributed by atoms with Crippen molar-refractivity contribution in [3.05, 3.63) is 0 Å². The van der Waals surface area contributed by atoms with Crippen molar-refractivity contribution in [2.45, 2.75) is 12.4 Å². The lowest BCUT2D eigenvalue weighted by Gasteiger charge is -2.30. The van der Waals surface area contributed by atoms with Gasteiger partial charge in [0.05, 0.1) is 5.75 Å². The summed E-state index contributed by atoms with van der Waals surface area (Å²) in [5.74, 6) is -1.64. The zero-order valence-electron chi connectivity index (χ0n) is 7.81. The Hall–Kier alpha value is 0.441. The Kier molecular flexibility index (Phi) is 5.53. The van der Waals surface area contributed by atoms with Crippen LogP contribution in [0.5, 0.6) is 0 Å². The van der Waals surface area contributed by atoms with E-state index in [4.69, 9.17) is 17.8 Å². The highest BCUT2D eigenvalue weighted by atomic mass is 32.2. The van der Waals surface area contributed by atoms with Crippen LogP contribution in [0.3, 0.4) is 0 Å². The zero-order chi connectivity index (χ0) is 10.5. The molecule has 0 spiro atoms. The molecule has 0 unspecified atom stereocenters. The van der Waals surface area contributed by atoms with Crippen LogP contribution in [0.4, 0.5) is 0 Å². The summed E-state index contributed by atoms with van der Waals surface area (Å²) in [6.07, 6.45) is 0.00231. The van der Waals surface area contributed by atoms with Crippen molar-refractivity contribution in [2.75, 3.05) is 5.75 Å². The Bertz CT molecular complexity index is 227. The molecule has 80 valence electrons. The van der Waals surface area contributed by atoms with Crippen LogP contribution in [0.2, 0.25) is 0 Å². The van der Waals surface area contributed by atoms with Crippen LogP contribution >= 0.6 is 0 Å². The lowest BCUT2D eigenvalue weighted by Crippen LogP contribution is -2.39. The van der Waals surface area contributed by atoms with E-state index in [9.17, 15) is 8.42 Å². The lowest BCUT2D eigenvalue weighted by molar-refractivity contribution is -0.249. The Morgan fingerprint density at radius 1 is 1.15 bits per heavy atom. The second-order valence-electron chi connectivity index (χ2n) is 2.33. The molecular weight excluding hydrogens is 248 g/mol. The van der Waals surface area contributed by atoms with Crippen molar-refractivity contribution in [3.8, 4) is 0 Å². The molecule has 0 aliphatic rings. The van der Waals surface area contributed by atoms with Crippen LogP contribution in [0.1, 0.15) is 6.42 Å². The summed E-state index contributed by atoms with van der Waals surface area (Å²) >= 11 is 0. The van der Waals surface area contributed by atoms with Gasteiger partial charge in [0.25, 0.3) is 16.1 Å². The Morgan fingerprint density at radius 2 is 1.54 bits per heavy atom. The third-order valence-electron chi connectivity index (χ3n) is 1.60. The molecule has 6 nitrogen and oxygen atoms in total. The average molecular weight is 262 g/mol. The lowest BCUT2D eigenvalue weighted by atomic mass is 10.4. The molecule has 0 aliphatic heterocycles. The first-order valence-electron chi connectivity index (χ1n) is 3.50. The van der Waals surface area contributed by atoms with Gasteiger partial charge < -0.3 is 13.3 Å². The second kappa shape index (κ2) is 5.35. The summed E-state index contributed by atoms with van der Waals surface area (Å²) in [7, 11) is -2.83. The van der Waals surface area contributed by atoms with Gasteiger partial charge in [-0.05, 0) is 0 Å². The van der Waals surface area contributed by atoms with Crippen LogP contribution in [0.25, 0.3) is 0 Å². The van der Waals surface area contributed by atoms with E-state index >= 15 is 0 Å². The summed E-state index contributed by atoms with van der Waals surface area (Å²) in [6.45, 7) is 0. The standard InChI is InChI=1S/C3H14O6SSi3/c4-10(5,6)2-1-3(7-11,8-12)9-13/h1-2H2,11-13H3,(H,4,5,6). The van der Waals surface area contributed by atoms with Crippen molar-refractivity contribution in [3.63, 3.8) is 0 Å². The highest BCUT2D eigenvalue weighted by molar-refractivity contribution is 7.85. The van der Waals surface area contributed by atoms with Gasteiger partial charge >= 0.3 is 0 Å². The SMILES string of the molecule is O=S(=O)(O)CCC(O[SiH3])(O[SiH3])O[SiH3]. The second-order valence-corrected chi connectivity index (χ2v) is 5.13. The van der Waals surface area contributed by atoms with Crippen LogP contribution < -0.4 is 0 Å². The van der Waals surface area contributed by atoms with E-state index in [1.165, 1.54) is 0 Å². The van der Waals surface area contributed by atoms with E-state index in [0.717, 1.165) is 0 Å². The number of hydrogen-bond donors (Lipinski definition) is 1. The third kappa shape index (κ3) is 5.02. The van der Waals surface area contributed by atoms with E-state index in [1.54, 1.807) is 0 Å². The molecule has 0 radical (unpaired) electrons. The minimum atomic E-state index is -3.98. The summed E-state index contributed by atoms with van der Waals surface area (Å²) in [4.78, 5) is 0. The van der Waals surface area contributed by atoms with E-state index in [0.29, 0.717) is 31.5 Å². The van der Waals surface area contributed by atoms with Gasteiger partial charge in [-0.1, -0.05) is 0 Å². The molecule has 0 atom stereocenters. The first-order valence-corrected chi connectivity index (χ1v) is 7.55. The van der Waals surface area contributed by atoms with Crippen LogP contribution in [0, 0.1) is 0 Å². The molecule has 0 saturated heterocycles. The van der Waals surface area contributed by atoms with Gasteiger partial charge in [-0.15, -0.1) is 0 Å². The van der Waals surface area contributed by atoms with Crippen LogP contribution in [0.15, 0.2) is 0 Å². The quantitative estimate of drug-likeness (QED) is 0.297. The van der Waals surface area contributed by atoms with Crippen molar-refractivity contribution in [1.82, 2.24) is 0 Å².